The highest BCUT2D eigenvalue weighted by atomic mass is 79.9. The van der Waals surface area contributed by atoms with Crippen molar-refractivity contribution in [1.82, 2.24) is 4.98 Å². The van der Waals surface area contributed by atoms with Crippen LogP contribution in [0.5, 0.6) is 0 Å². The maximum atomic E-state index is 7.47. The van der Waals surface area contributed by atoms with Crippen LogP contribution < -0.4 is 10.4 Å². The molecule has 1 atom stereocenters. The number of pyridine rings is 1. The van der Waals surface area contributed by atoms with Crippen molar-refractivity contribution in [1.29, 1.82) is 0 Å². The molecule has 0 saturated carbocycles. The number of hydrogen-bond acceptors (Lipinski definition) is 2. The van der Waals surface area contributed by atoms with Crippen LogP contribution >= 0.6 is 15.9 Å². The van der Waals surface area contributed by atoms with E-state index in [4.69, 9.17) is 4.43 Å². The highest BCUT2D eigenvalue weighted by Crippen LogP contribution is 2.38. The Bertz CT molecular complexity index is 1020. The van der Waals surface area contributed by atoms with E-state index in [-0.39, 0.29) is 11.1 Å². The Hall–Kier alpha value is -2.01. The predicted molar refractivity (Wildman–Crippen MR) is 161 cm³/mol. The lowest BCUT2D eigenvalue weighted by molar-refractivity contribution is 0.219. The summed E-state index contributed by atoms with van der Waals surface area (Å²) in [6.45, 7) is 9.32. The van der Waals surface area contributed by atoms with Crippen molar-refractivity contribution in [3.05, 3.63) is 95.2 Å². The molecule has 0 spiro atoms. The smallest absolute Gasteiger partial charge is 0.261 e. The molecular formula is C32H42BrNOSi. The second-order valence-corrected chi connectivity index (χ2v) is 15.7. The van der Waals surface area contributed by atoms with Gasteiger partial charge in [-0.15, -0.1) is 0 Å². The Labute approximate surface area is 228 Å². The summed E-state index contributed by atoms with van der Waals surface area (Å²) in [6.07, 6.45) is 13.1. The third kappa shape index (κ3) is 7.74. The SMILES string of the molecule is CCCCCCCCC(/C=C/c1cccc(Br)n1)O[Si](c1ccccc1)(c1ccccc1)C(C)(C)C. The van der Waals surface area contributed by atoms with Crippen molar-refractivity contribution in [2.45, 2.75) is 83.8 Å². The van der Waals surface area contributed by atoms with Gasteiger partial charge in [-0.25, -0.2) is 4.98 Å². The van der Waals surface area contributed by atoms with Gasteiger partial charge in [0, 0.05) is 0 Å². The van der Waals surface area contributed by atoms with Crippen LogP contribution in [0.2, 0.25) is 5.04 Å². The minimum absolute atomic E-state index is 0.0169. The van der Waals surface area contributed by atoms with E-state index in [9.17, 15) is 0 Å². The standard InChI is InChI=1S/C32H42BrNOSi/c1-5-6-7-8-9-12-19-28(26-25-27-18-17-24-31(33)34-27)35-36(32(2,3)4,29-20-13-10-14-21-29)30-22-15-11-16-23-30/h10-11,13-18,20-26,28H,5-9,12,19H2,1-4H3/b26-25+. The quantitative estimate of drug-likeness (QED) is 0.118. The molecule has 4 heteroatoms. The summed E-state index contributed by atoms with van der Waals surface area (Å²) in [6, 6.07) is 27.9. The van der Waals surface area contributed by atoms with Crippen LogP contribution in [0, 0.1) is 0 Å². The first kappa shape index (κ1) is 28.6. The summed E-state index contributed by atoms with van der Waals surface area (Å²) in [5.41, 5.74) is 0.948. The number of benzene rings is 2. The first-order chi connectivity index (χ1) is 17.4. The van der Waals surface area contributed by atoms with Crippen molar-refractivity contribution in [3.63, 3.8) is 0 Å². The fourth-order valence-electron chi connectivity index (χ4n) is 4.96. The highest BCUT2D eigenvalue weighted by molar-refractivity contribution is 9.10. The molecule has 0 amide bonds. The molecule has 36 heavy (non-hydrogen) atoms. The van der Waals surface area contributed by atoms with Gasteiger partial charge in [-0.1, -0.05) is 139 Å². The van der Waals surface area contributed by atoms with Crippen LogP contribution in [-0.2, 0) is 4.43 Å². The van der Waals surface area contributed by atoms with E-state index in [2.05, 4.69) is 121 Å². The summed E-state index contributed by atoms with van der Waals surface area (Å²) in [5, 5.41) is 2.60. The first-order valence-corrected chi connectivity index (χ1v) is 16.2. The fourth-order valence-corrected chi connectivity index (χ4v) is 9.98. The normalized spacial score (nSPS) is 13.2. The van der Waals surface area contributed by atoms with E-state index in [1.165, 1.54) is 48.9 Å². The Morgan fingerprint density at radius 2 is 1.39 bits per heavy atom. The lowest BCUT2D eigenvalue weighted by Crippen LogP contribution is -2.67. The highest BCUT2D eigenvalue weighted by Gasteiger charge is 2.51. The van der Waals surface area contributed by atoms with Gasteiger partial charge in [0.05, 0.1) is 11.8 Å². The Morgan fingerprint density at radius 3 is 1.94 bits per heavy atom. The molecule has 3 aromatic rings. The molecule has 3 rings (SSSR count). The van der Waals surface area contributed by atoms with E-state index in [1.807, 2.05) is 18.2 Å². The molecule has 0 aliphatic rings. The number of rotatable bonds is 13. The molecule has 0 aliphatic carbocycles. The second-order valence-electron chi connectivity index (χ2n) is 10.6. The van der Waals surface area contributed by atoms with Crippen LogP contribution in [-0.4, -0.2) is 19.4 Å². The van der Waals surface area contributed by atoms with Crippen LogP contribution in [0.15, 0.2) is 89.5 Å². The van der Waals surface area contributed by atoms with Crippen molar-refractivity contribution >= 4 is 40.7 Å². The average molecular weight is 565 g/mol. The van der Waals surface area contributed by atoms with E-state index < -0.39 is 8.32 Å². The zero-order chi connectivity index (χ0) is 25.9. The molecule has 0 aliphatic heterocycles. The number of unbranched alkanes of at least 4 members (excludes halogenated alkanes) is 5. The van der Waals surface area contributed by atoms with Gasteiger partial charge in [0.2, 0.25) is 0 Å². The molecule has 192 valence electrons. The van der Waals surface area contributed by atoms with Gasteiger partial charge in [-0.2, -0.15) is 0 Å². The van der Waals surface area contributed by atoms with Crippen LogP contribution in [0.3, 0.4) is 0 Å². The Balaban J connectivity index is 1.98. The lowest BCUT2D eigenvalue weighted by atomic mass is 10.1. The van der Waals surface area contributed by atoms with Crippen molar-refractivity contribution < 1.29 is 4.43 Å². The molecule has 1 heterocycles. The predicted octanol–water partition coefficient (Wildman–Crippen LogP) is 8.55. The third-order valence-electron chi connectivity index (χ3n) is 6.81. The number of nitrogens with zero attached hydrogens (tertiary/aromatic N) is 1. The Morgan fingerprint density at radius 1 is 0.806 bits per heavy atom. The van der Waals surface area contributed by atoms with Crippen molar-refractivity contribution in [3.8, 4) is 0 Å². The van der Waals surface area contributed by atoms with Gasteiger partial charge < -0.3 is 4.43 Å². The van der Waals surface area contributed by atoms with E-state index in [0.717, 1.165) is 16.7 Å². The van der Waals surface area contributed by atoms with E-state index in [1.54, 1.807) is 0 Å². The maximum absolute atomic E-state index is 7.47. The molecule has 1 aromatic heterocycles. The fraction of sp³-hybridized carbons (Fsp3) is 0.406. The van der Waals surface area contributed by atoms with Crippen LogP contribution in [0.4, 0.5) is 0 Å². The van der Waals surface area contributed by atoms with E-state index >= 15 is 0 Å². The third-order valence-corrected chi connectivity index (χ3v) is 12.3. The minimum atomic E-state index is -2.62. The van der Waals surface area contributed by atoms with Gasteiger partial charge >= 0.3 is 0 Å². The van der Waals surface area contributed by atoms with Gasteiger partial charge in [0.25, 0.3) is 8.32 Å². The Kier molecular flexibility index (Phi) is 11.2. The molecular weight excluding hydrogens is 522 g/mol. The molecule has 0 saturated heterocycles. The largest absolute Gasteiger partial charge is 0.401 e. The molecule has 0 N–H and O–H groups in total. The molecule has 1 unspecified atom stereocenters. The summed E-state index contributed by atoms with van der Waals surface area (Å²) in [7, 11) is -2.62. The first-order valence-electron chi connectivity index (χ1n) is 13.5. The molecule has 2 nitrogen and oxygen atoms in total. The van der Waals surface area contributed by atoms with Gasteiger partial charge in [0.1, 0.15) is 4.60 Å². The maximum Gasteiger partial charge on any atom is 0.261 e. The van der Waals surface area contributed by atoms with Crippen LogP contribution in [0.25, 0.3) is 6.08 Å². The van der Waals surface area contributed by atoms with Crippen molar-refractivity contribution in [2.24, 2.45) is 0 Å². The van der Waals surface area contributed by atoms with Gasteiger partial charge in [0.15, 0.2) is 0 Å². The number of hydrogen-bond donors (Lipinski definition) is 0. The van der Waals surface area contributed by atoms with E-state index in [0.29, 0.717) is 0 Å². The molecule has 0 fully saturated rings. The summed E-state index contributed by atoms with van der Waals surface area (Å²) >= 11 is 3.51. The van der Waals surface area contributed by atoms with Gasteiger partial charge in [-0.3, -0.25) is 0 Å². The summed E-state index contributed by atoms with van der Waals surface area (Å²) in [5.74, 6) is 0. The topological polar surface area (TPSA) is 22.1 Å². The zero-order valence-corrected chi connectivity index (χ0v) is 25.0. The minimum Gasteiger partial charge on any atom is -0.401 e. The second kappa shape index (κ2) is 14.1. The lowest BCUT2D eigenvalue weighted by Gasteiger charge is -2.45. The summed E-state index contributed by atoms with van der Waals surface area (Å²) in [4.78, 5) is 4.62. The number of aromatic nitrogens is 1. The van der Waals surface area contributed by atoms with Crippen LogP contribution in [0.1, 0.15) is 78.3 Å². The molecule has 2 aromatic carbocycles. The summed E-state index contributed by atoms with van der Waals surface area (Å²) < 4.78 is 8.32. The monoisotopic (exact) mass is 563 g/mol. The zero-order valence-electron chi connectivity index (χ0n) is 22.4. The molecule has 0 bridgehead atoms. The van der Waals surface area contributed by atoms with Crippen molar-refractivity contribution in [2.75, 3.05) is 0 Å². The average Bonchev–Trinajstić information content (AvgIpc) is 2.87. The van der Waals surface area contributed by atoms with Gasteiger partial charge in [-0.05, 0) is 56.0 Å². The number of halogens is 1. The molecule has 0 radical (unpaired) electrons.